The summed E-state index contributed by atoms with van der Waals surface area (Å²) in [5, 5.41) is 0. The third-order valence-corrected chi connectivity index (χ3v) is 2.19. The molecule has 1 radical (unpaired) electrons. The van der Waals surface area contributed by atoms with Crippen LogP contribution in [0, 0.1) is 6.07 Å². The SMILES string of the molecule is CCCOc1[c]c(OCCC)cc(OCCC)c1. The molecule has 0 amide bonds. The van der Waals surface area contributed by atoms with Crippen molar-refractivity contribution in [3.8, 4) is 17.2 Å². The first-order chi connectivity index (χ1) is 8.80. The molecule has 0 atom stereocenters. The molecule has 1 rings (SSSR count). The predicted molar refractivity (Wildman–Crippen MR) is 72.6 cm³/mol. The lowest BCUT2D eigenvalue weighted by molar-refractivity contribution is 0.285. The van der Waals surface area contributed by atoms with Crippen molar-refractivity contribution >= 4 is 0 Å². The summed E-state index contributed by atoms with van der Waals surface area (Å²) in [6.07, 6.45) is 2.92. The maximum absolute atomic E-state index is 5.62. The monoisotopic (exact) mass is 251 g/mol. The zero-order valence-corrected chi connectivity index (χ0v) is 11.6. The Balaban J connectivity index is 2.74. The molecule has 0 fully saturated rings. The van der Waals surface area contributed by atoms with Gasteiger partial charge < -0.3 is 14.2 Å². The molecule has 0 saturated carbocycles. The molecule has 18 heavy (non-hydrogen) atoms. The zero-order valence-electron chi connectivity index (χ0n) is 11.6. The van der Waals surface area contributed by atoms with E-state index in [0.717, 1.165) is 25.0 Å². The fraction of sp³-hybridized carbons (Fsp3) is 0.600. The molecule has 0 unspecified atom stereocenters. The Kier molecular flexibility index (Phi) is 7.07. The van der Waals surface area contributed by atoms with Crippen molar-refractivity contribution in [1.82, 2.24) is 0 Å². The second-order valence-corrected chi connectivity index (χ2v) is 4.09. The molecule has 3 heteroatoms. The van der Waals surface area contributed by atoms with Crippen molar-refractivity contribution in [2.45, 2.75) is 40.0 Å². The van der Waals surface area contributed by atoms with E-state index in [1.807, 2.05) is 12.1 Å². The van der Waals surface area contributed by atoms with E-state index in [1.165, 1.54) is 0 Å². The van der Waals surface area contributed by atoms with E-state index in [4.69, 9.17) is 14.2 Å². The molecule has 1 aromatic rings. The van der Waals surface area contributed by atoms with Gasteiger partial charge in [-0.15, -0.1) is 0 Å². The van der Waals surface area contributed by atoms with Crippen LogP contribution >= 0.6 is 0 Å². The number of hydrogen-bond acceptors (Lipinski definition) is 3. The fourth-order valence-corrected chi connectivity index (χ4v) is 1.38. The second kappa shape index (κ2) is 8.67. The van der Waals surface area contributed by atoms with E-state index in [-0.39, 0.29) is 0 Å². The summed E-state index contributed by atoms with van der Waals surface area (Å²) in [5.74, 6) is 2.17. The highest BCUT2D eigenvalue weighted by Gasteiger charge is 2.05. The van der Waals surface area contributed by atoms with Gasteiger partial charge in [0.15, 0.2) is 0 Å². The fourth-order valence-electron chi connectivity index (χ4n) is 1.38. The Hall–Kier alpha value is -1.38. The van der Waals surface area contributed by atoms with Gasteiger partial charge >= 0.3 is 0 Å². The van der Waals surface area contributed by atoms with Gasteiger partial charge in [0.1, 0.15) is 17.2 Å². The van der Waals surface area contributed by atoms with Crippen LogP contribution in [0.25, 0.3) is 0 Å². The minimum Gasteiger partial charge on any atom is -0.493 e. The van der Waals surface area contributed by atoms with Crippen LogP contribution in [0.4, 0.5) is 0 Å². The Morgan fingerprint density at radius 1 is 0.778 bits per heavy atom. The highest BCUT2D eigenvalue weighted by molar-refractivity contribution is 5.40. The maximum atomic E-state index is 5.62. The largest absolute Gasteiger partial charge is 0.493 e. The molecule has 0 aliphatic rings. The standard InChI is InChI=1S/C15H23O3/c1-4-7-16-13-10-14(17-8-5-2)12-15(11-13)18-9-6-3/h10-11H,4-9H2,1-3H3. The van der Waals surface area contributed by atoms with Crippen LogP contribution in [0.3, 0.4) is 0 Å². The van der Waals surface area contributed by atoms with Crippen molar-refractivity contribution in [2.24, 2.45) is 0 Å². The van der Waals surface area contributed by atoms with Crippen LogP contribution in [0.1, 0.15) is 40.0 Å². The molecule has 101 valence electrons. The molecule has 0 aliphatic carbocycles. The Morgan fingerprint density at radius 3 is 1.67 bits per heavy atom. The van der Waals surface area contributed by atoms with Crippen LogP contribution in [0.2, 0.25) is 0 Å². The van der Waals surface area contributed by atoms with Crippen molar-refractivity contribution < 1.29 is 14.2 Å². The number of ether oxygens (including phenoxy) is 3. The van der Waals surface area contributed by atoms with Crippen LogP contribution in [-0.2, 0) is 0 Å². The van der Waals surface area contributed by atoms with Gasteiger partial charge in [0.25, 0.3) is 0 Å². The molecule has 0 N–H and O–H groups in total. The molecule has 3 nitrogen and oxygen atoms in total. The normalized spacial score (nSPS) is 10.2. The van der Waals surface area contributed by atoms with Gasteiger partial charge in [-0.2, -0.15) is 0 Å². The Labute approximate surface area is 110 Å². The summed E-state index contributed by atoms with van der Waals surface area (Å²) >= 11 is 0. The topological polar surface area (TPSA) is 27.7 Å². The van der Waals surface area contributed by atoms with Crippen molar-refractivity contribution in [1.29, 1.82) is 0 Å². The van der Waals surface area contributed by atoms with Gasteiger partial charge in [-0.25, -0.2) is 0 Å². The Bertz CT molecular complexity index is 272. The molecule has 0 heterocycles. The van der Waals surface area contributed by atoms with E-state index >= 15 is 0 Å². The molecule has 0 aromatic heterocycles. The lowest BCUT2D eigenvalue weighted by atomic mass is 10.3. The average Bonchev–Trinajstić information content (AvgIpc) is 2.40. The molecule has 0 spiro atoms. The lowest BCUT2D eigenvalue weighted by Gasteiger charge is -2.11. The Morgan fingerprint density at radius 2 is 1.22 bits per heavy atom. The smallest absolute Gasteiger partial charge is 0.134 e. The van der Waals surface area contributed by atoms with Gasteiger partial charge in [0.05, 0.1) is 25.9 Å². The summed E-state index contributed by atoms with van der Waals surface area (Å²) in [6, 6.07) is 6.84. The number of hydrogen-bond donors (Lipinski definition) is 0. The third-order valence-electron chi connectivity index (χ3n) is 2.19. The van der Waals surface area contributed by atoms with Gasteiger partial charge in [-0.05, 0) is 19.3 Å². The van der Waals surface area contributed by atoms with Gasteiger partial charge in [0.2, 0.25) is 0 Å². The average molecular weight is 251 g/mol. The minimum absolute atomic E-state index is 0.681. The number of benzene rings is 1. The first-order valence-electron chi connectivity index (χ1n) is 6.75. The second-order valence-electron chi connectivity index (χ2n) is 4.09. The van der Waals surface area contributed by atoms with Gasteiger partial charge in [-0.1, -0.05) is 20.8 Å². The highest BCUT2D eigenvalue weighted by atomic mass is 16.5. The first-order valence-corrected chi connectivity index (χ1v) is 6.75. The summed E-state index contributed by atoms with van der Waals surface area (Å²) in [6.45, 7) is 8.29. The van der Waals surface area contributed by atoms with Crippen molar-refractivity contribution in [3.63, 3.8) is 0 Å². The first kappa shape index (κ1) is 14.7. The van der Waals surface area contributed by atoms with Crippen LogP contribution in [0.5, 0.6) is 17.2 Å². The van der Waals surface area contributed by atoms with Crippen molar-refractivity contribution in [3.05, 3.63) is 18.2 Å². The summed E-state index contributed by atoms with van der Waals surface area (Å²) < 4.78 is 16.8. The zero-order chi connectivity index (χ0) is 13.2. The molecule has 0 aliphatic heterocycles. The lowest BCUT2D eigenvalue weighted by Crippen LogP contribution is -2.01. The van der Waals surface area contributed by atoms with E-state index in [9.17, 15) is 0 Å². The van der Waals surface area contributed by atoms with E-state index in [0.29, 0.717) is 31.3 Å². The van der Waals surface area contributed by atoms with Gasteiger partial charge in [0, 0.05) is 12.1 Å². The van der Waals surface area contributed by atoms with Gasteiger partial charge in [-0.3, -0.25) is 0 Å². The number of rotatable bonds is 9. The highest BCUT2D eigenvalue weighted by Crippen LogP contribution is 2.27. The van der Waals surface area contributed by atoms with Crippen LogP contribution in [-0.4, -0.2) is 19.8 Å². The quantitative estimate of drug-likeness (QED) is 0.667. The predicted octanol–water partition coefficient (Wildman–Crippen LogP) is 3.85. The summed E-state index contributed by atoms with van der Waals surface area (Å²) in [5.41, 5.74) is 0. The van der Waals surface area contributed by atoms with E-state index in [2.05, 4.69) is 26.8 Å². The van der Waals surface area contributed by atoms with E-state index < -0.39 is 0 Å². The summed E-state index contributed by atoms with van der Waals surface area (Å²) in [7, 11) is 0. The molecule has 0 saturated heterocycles. The summed E-state index contributed by atoms with van der Waals surface area (Å²) in [4.78, 5) is 0. The van der Waals surface area contributed by atoms with Crippen LogP contribution < -0.4 is 14.2 Å². The van der Waals surface area contributed by atoms with Crippen molar-refractivity contribution in [2.75, 3.05) is 19.8 Å². The molecule has 0 bridgehead atoms. The minimum atomic E-state index is 0.681. The maximum Gasteiger partial charge on any atom is 0.134 e. The molecular formula is C15H23O3. The third kappa shape index (κ3) is 5.30. The van der Waals surface area contributed by atoms with E-state index in [1.54, 1.807) is 0 Å². The van der Waals surface area contributed by atoms with Crippen LogP contribution in [0.15, 0.2) is 12.1 Å². The molecular weight excluding hydrogens is 228 g/mol. The molecule has 1 aromatic carbocycles.